The van der Waals surface area contributed by atoms with E-state index in [2.05, 4.69) is 0 Å². The molecule has 0 amide bonds. The first-order valence-electron chi connectivity index (χ1n) is 4.07. The van der Waals surface area contributed by atoms with Gasteiger partial charge < -0.3 is 14.9 Å². The highest BCUT2D eigenvalue weighted by molar-refractivity contribution is 6.16. The van der Waals surface area contributed by atoms with Gasteiger partial charge in [-0.2, -0.15) is 0 Å². The molecule has 0 heterocycles. The van der Waals surface area contributed by atoms with Crippen molar-refractivity contribution in [3.05, 3.63) is 35.1 Å². The predicted molar refractivity (Wildman–Crippen MR) is 52.6 cm³/mol. The molecule has 0 aromatic rings. The Morgan fingerprint density at radius 3 is 2.00 bits per heavy atom. The van der Waals surface area contributed by atoms with Crippen LogP contribution < -0.4 is 0 Å². The molecule has 70 valence electrons. The molecule has 0 radical (unpaired) electrons. The van der Waals surface area contributed by atoms with Gasteiger partial charge in [-0.3, -0.25) is 0 Å². The van der Waals surface area contributed by atoms with Gasteiger partial charge in [0.1, 0.15) is 13.2 Å². The van der Waals surface area contributed by atoms with E-state index in [9.17, 15) is 5.41 Å². The predicted octanol–water partition coefficient (Wildman–Crippen LogP) is 1.36. The molecule has 1 rings (SSSR count). The summed E-state index contributed by atoms with van der Waals surface area (Å²) in [7, 11) is 3.20. The molecule has 0 fully saturated rings. The molecule has 1 aliphatic carbocycles. The summed E-state index contributed by atoms with van der Waals surface area (Å²) in [5.41, 5.74) is 1.85. The fourth-order valence-electron chi connectivity index (χ4n) is 1.19. The minimum absolute atomic E-state index is 0.270. The van der Waals surface area contributed by atoms with Crippen LogP contribution in [0.15, 0.2) is 23.3 Å². The smallest absolute Gasteiger partial charge is 0.115 e. The molecule has 0 atom stereocenters. The van der Waals surface area contributed by atoms with Crippen LogP contribution >= 0.6 is 0 Å². The fourth-order valence-corrected chi connectivity index (χ4v) is 1.19. The van der Waals surface area contributed by atoms with Crippen LogP contribution in [0.1, 0.15) is 0 Å². The van der Waals surface area contributed by atoms with Crippen LogP contribution in [0.4, 0.5) is 0 Å². The molecule has 0 spiro atoms. The van der Waals surface area contributed by atoms with E-state index < -0.39 is 0 Å². The molecular weight excluding hydrogens is 166 g/mol. The first-order valence-corrected chi connectivity index (χ1v) is 4.07. The van der Waals surface area contributed by atoms with Gasteiger partial charge in [0.2, 0.25) is 0 Å². The normalized spacial score (nSPS) is 16.3. The second kappa shape index (κ2) is 4.84. The Labute approximate surface area is 78.6 Å². The van der Waals surface area contributed by atoms with Crippen LogP contribution in [0, 0.1) is 6.42 Å². The lowest BCUT2D eigenvalue weighted by molar-refractivity contribution is 0.225. The van der Waals surface area contributed by atoms with Gasteiger partial charge in [0.25, 0.3) is 0 Å². The summed E-state index contributed by atoms with van der Waals surface area (Å²) < 4.78 is 9.88. The Morgan fingerprint density at radius 1 is 1.15 bits per heavy atom. The van der Waals surface area contributed by atoms with Crippen molar-refractivity contribution >= 4 is 5.71 Å². The third-order valence-corrected chi connectivity index (χ3v) is 1.80. The van der Waals surface area contributed by atoms with E-state index in [1.165, 1.54) is 0 Å². The van der Waals surface area contributed by atoms with Crippen molar-refractivity contribution in [2.24, 2.45) is 0 Å². The first kappa shape index (κ1) is 10.0. The van der Waals surface area contributed by atoms with Crippen LogP contribution in [0.25, 0.3) is 5.41 Å². The molecule has 0 bridgehead atoms. The number of methoxy groups -OCH3 is 2. The van der Waals surface area contributed by atoms with E-state index >= 15 is 0 Å². The van der Waals surface area contributed by atoms with Crippen molar-refractivity contribution in [1.29, 1.82) is 0 Å². The molecule has 0 aromatic carbocycles. The number of nitrogens with zero attached hydrogens (tertiary/aromatic N) is 1. The maximum absolute atomic E-state index is 9.69. The van der Waals surface area contributed by atoms with Crippen molar-refractivity contribution in [3.63, 3.8) is 0 Å². The number of allylic oxidation sites excluding steroid dienone is 2. The van der Waals surface area contributed by atoms with E-state index in [1.807, 2.05) is 18.6 Å². The Bertz CT molecular complexity index is 230. The van der Waals surface area contributed by atoms with Crippen LogP contribution in [0.3, 0.4) is 0 Å². The van der Waals surface area contributed by atoms with E-state index in [0.29, 0.717) is 13.2 Å². The average molecular weight is 179 g/mol. The SMILES string of the molecule is COCC1=C[CH+]C=C(COC)C1=[N-]. The summed E-state index contributed by atoms with van der Waals surface area (Å²) in [5.74, 6) is 0. The maximum atomic E-state index is 9.69. The largest absolute Gasteiger partial charge is 0.778 e. The second-order valence-corrected chi connectivity index (χ2v) is 2.79. The number of hydrogen-bond donors (Lipinski definition) is 0. The number of ether oxygens (including phenoxy) is 2. The molecule has 0 N–H and O–H groups in total. The van der Waals surface area contributed by atoms with Crippen molar-refractivity contribution in [3.8, 4) is 0 Å². The van der Waals surface area contributed by atoms with Crippen molar-refractivity contribution in [2.45, 2.75) is 0 Å². The van der Waals surface area contributed by atoms with Crippen LogP contribution in [0.5, 0.6) is 0 Å². The van der Waals surface area contributed by atoms with E-state index in [4.69, 9.17) is 9.47 Å². The number of hydrogen-bond acceptors (Lipinski definition) is 2. The molecule has 13 heavy (non-hydrogen) atoms. The highest BCUT2D eigenvalue weighted by atomic mass is 16.5. The molecule has 0 saturated carbocycles. The standard InChI is InChI=1S/C10H13NO2/c1-12-6-8-4-3-5-9(7-13-2)10(8)11/h3-5H,6-7H2,1-2H3. The Hall–Kier alpha value is -1.06. The van der Waals surface area contributed by atoms with Crippen molar-refractivity contribution in [2.75, 3.05) is 27.4 Å². The molecule has 3 nitrogen and oxygen atoms in total. The third kappa shape index (κ3) is 2.44. The maximum Gasteiger partial charge on any atom is 0.115 e. The summed E-state index contributed by atoms with van der Waals surface area (Å²) >= 11 is 0. The van der Waals surface area contributed by atoms with E-state index in [0.717, 1.165) is 11.1 Å². The number of rotatable bonds is 4. The monoisotopic (exact) mass is 179 g/mol. The van der Waals surface area contributed by atoms with Gasteiger partial charge in [0, 0.05) is 20.6 Å². The Morgan fingerprint density at radius 2 is 1.62 bits per heavy atom. The van der Waals surface area contributed by atoms with E-state index in [1.54, 1.807) is 14.2 Å². The Balaban J connectivity index is 2.63. The first-order chi connectivity index (χ1) is 6.29. The van der Waals surface area contributed by atoms with Gasteiger partial charge >= 0.3 is 0 Å². The molecule has 0 unspecified atom stereocenters. The molecule has 3 heteroatoms. The molecule has 0 aliphatic heterocycles. The fraction of sp³-hybridized carbons (Fsp3) is 0.400. The van der Waals surface area contributed by atoms with Crippen molar-refractivity contribution < 1.29 is 9.47 Å². The van der Waals surface area contributed by atoms with Gasteiger partial charge in [-0.1, -0.05) is 0 Å². The average Bonchev–Trinajstić information content (AvgIpc) is 2.13. The summed E-state index contributed by atoms with van der Waals surface area (Å²) in [6, 6.07) is 0. The summed E-state index contributed by atoms with van der Waals surface area (Å²) in [5, 5.41) is 9.69. The lowest BCUT2D eigenvalue weighted by Crippen LogP contribution is -2.15. The zero-order valence-electron chi connectivity index (χ0n) is 7.91. The zero-order valence-corrected chi connectivity index (χ0v) is 7.91. The molecular formula is C10H13NO2. The second-order valence-electron chi connectivity index (χ2n) is 2.79. The third-order valence-electron chi connectivity index (χ3n) is 1.80. The minimum Gasteiger partial charge on any atom is -0.778 e. The van der Waals surface area contributed by atoms with Gasteiger partial charge in [-0.15, -0.1) is 0 Å². The highest BCUT2D eigenvalue weighted by Crippen LogP contribution is 2.15. The van der Waals surface area contributed by atoms with Gasteiger partial charge in [-0.05, 0) is 5.71 Å². The topological polar surface area (TPSA) is 40.8 Å². The van der Waals surface area contributed by atoms with Crippen molar-refractivity contribution in [1.82, 2.24) is 0 Å². The molecule has 0 saturated heterocycles. The molecule has 1 aliphatic rings. The molecule has 0 aromatic heterocycles. The van der Waals surface area contributed by atoms with Crippen LogP contribution in [-0.2, 0) is 9.47 Å². The van der Waals surface area contributed by atoms with Crippen LogP contribution in [0.2, 0.25) is 0 Å². The lowest BCUT2D eigenvalue weighted by atomic mass is 9.97. The summed E-state index contributed by atoms with van der Waals surface area (Å²) in [6.07, 6.45) is 5.54. The van der Waals surface area contributed by atoms with Gasteiger partial charge in [0.15, 0.2) is 0 Å². The van der Waals surface area contributed by atoms with Gasteiger partial charge in [0.05, 0.1) is 23.3 Å². The quantitative estimate of drug-likeness (QED) is 0.611. The minimum atomic E-state index is 0.270. The summed E-state index contributed by atoms with van der Waals surface area (Å²) in [6.45, 7) is 0.840. The Kier molecular flexibility index (Phi) is 3.73. The van der Waals surface area contributed by atoms with E-state index in [-0.39, 0.29) is 5.71 Å². The highest BCUT2D eigenvalue weighted by Gasteiger charge is 2.15. The summed E-state index contributed by atoms with van der Waals surface area (Å²) in [4.78, 5) is 0. The van der Waals surface area contributed by atoms with Crippen LogP contribution in [-0.4, -0.2) is 33.1 Å². The van der Waals surface area contributed by atoms with Gasteiger partial charge in [-0.25, -0.2) is 0 Å². The lowest BCUT2D eigenvalue weighted by Gasteiger charge is -2.14. The zero-order chi connectivity index (χ0) is 9.68.